The Morgan fingerprint density at radius 1 is 1.12 bits per heavy atom. The zero-order valence-corrected chi connectivity index (χ0v) is 23.6. The number of H-pyrrole nitrogens is 1. The highest BCUT2D eigenvalue weighted by molar-refractivity contribution is 7.14. The number of carbonyl (C=O) groups is 2. The molecule has 210 valence electrons. The van der Waals surface area contributed by atoms with Crippen LogP contribution in [-0.2, 0) is 4.79 Å². The van der Waals surface area contributed by atoms with Crippen LogP contribution in [0.5, 0.6) is 11.5 Å². The SMILES string of the molecule is COc1ccc2c(O[C@@H]3C[C@@H](C(=O)O)N(C(=O)c4cc5ccccc5[nH]4)C3)cc(-c3csc(NC(C)C)n3)nc2c1. The number of methoxy groups -OCH3 is 1. The van der Waals surface area contributed by atoms with Crippen LogP contribution in [0.1, 0.15) is 30.8 Å². The number of carboxylic acids is 1. The Labute approximate surface area is 239 Å². The summed E-state index contributed by atoms with van der Waals surface area (Å²) in [5.74, 6) is -0.265. The maximum Gasteiger partial charge on any atom is 0.326 e. The highest BCUT2D eigenvalue weighted by Gasteiger charge is 2.41. The lowest BCUT2D eigenvalue weighted by molar-refractivity contribution is -0.141. The summed E-state index contributed by atoms with van der Waals surface area (Å²) in [6.07, 6.45) is -0.394. The predicted molar refractivity (Wildman–Crippen MR) is 158 cm³/mol. The van der Waals surface area contributed by atoms with Crippen molar-refractivity contribution in [3.05, 3.63) is 65.7 Å². The molecule has 0 radical (unpaired) electrons. The average Bonchev–Trinajstić information content (AvgIpc) is 3.70. The molecule has 1 aliphatic heterocycles. The molecule has 1 fully saturated rings. The standard InChI is InChI=1S/C30H29N5O5S/c1-16(2)31-30-34-25(15-41-30)23-13-27(20-9-8-18(39-3)11-22(20)33-23)40-19-12-26(29(37)38)35(14-19)28(36)24-10-17-6-4-5-7-21(17)32-24/h4-11,13,15-16,19,26,32H,12,14H2,1-3H3,(H,31,34)(H,37,38)/t19-,26+/m1/s1. The van der Waals surface area contributed by atoms with Gasteiger partial charge < -0.3 is 29.8 Å². The van der Waals surface area contributed by atoms with E-state index in [-0.39, 0.29) is 24.9 Å². The number of carboxylic acid groups (broad SMARTS) is 1. The summed E-state index contributed by atoms with van der Waals surface area (Å²) < 4.78 is 11.9. The number of fused-ring (bicyclic) bond motifs is 2. The van der Waals surface area contributed by atoms with Crippen molar-refractivity contribution in [2.24, 2.45) is 0 Å². The largest absolute Gasteiger partial charge is 0.497 e. The van der Waals surface area contributed by atoms with Crippen LogP contribution >= 0.6 is 11.3 Å². The van der Waals surface area contributed by atoms with Crippen molar-refractivity contribution in [1.29, 1.82) is 0 Å². The zero-order chi connectivity index (χ0) is 28.7. The number of rotatable bonds is 8. The van der Waals surface area contributed by atoms with Crippen molar-refractivity contribution in [3.8, 4) is 22.9 Å². The van der Waals surface area contributed by atoms with E-state index in [2.05, 4.69) is 15.3 Å². The van der Waals surface area contributed by atoms with Crippen LogP contribution in [0.3, 0.4) is 0 Å². The number of hydrogen-bond acceptors (Lipinski definition) is 8. The molecule has 41 heavy (non-hydrogen) atoms. The Hall–Kier alpha value is -4.64. The smallest absolute Gasteiger partial charge is 0.326 e. The number of nitrogens with one attached hydrogen (secondary N) is 2. The van der Waals surface area contributed by atoms with Gasteiger partial charge in [0.05, 0.1) is 24.9 Å². The average molecular weight is 572 g/mol. The van der Waals surface area contributed by atoms with Crippen LogP contribution in [0, 0.1) is 0 Å². The molecule has 0 aliphatic carbocycles. The van der Waals surface area contributed by atoms with Crippen LogP contribution in [0.4, 0.5) is 5.13 Å². The zero-order valence-electron chi connectivity index (χ0n) is 22.7. The van der Waals surface area contributed by atoms with Gasteiger partial charge in [-0.15, -0.1) is 11.3 Å². The number of pyridine rings is 1. The third-order valence-corrected chi connectivity index (χ3v) is 7.79. The Balaban J connectivity index is 1.32. The number of amides is 1. The normalized spacial score (nSPS) is 16.9. The molecule has 2 aromatic carbocycles. The fourth-order valence-electron chi connectivity index (χ4n) is 5.10. The molecule has 3 aromatic heterocycles. The van der Waals surface area contributed by atoms with Gasteiger partial charge in [-0.05, 0) is 38.1 Å². The monoisotopic (exact) mass is 571 g/mol. The molecule has 0 unspecified atom stereocenters. The molecule has 11 heteroatoms. The lowest BCUT2D eigenvalue weighted by atomic mass is 10.1. The third kappa shape index (κ3) is 5.28. The number of anilines is 1. The molecule has 0 bridgehead atoms. The van der Waals surface area contributed by atoms with Crippen LogP contribution < -0.4 is 14.8 Å². The van der Waals surface area contributed by atoms with Crippen molar-refractivity contribution in [1.82, 2.24) is 19.9 Å². The molecule has 4 heterocycles. The first-order valence-corrected chi connectivity index (χ1v) is 14.2. The second-order valence-electron chi connectivity index (χ2n) is 10.3. The van der Waals surface area contributed by atoms with Gasteiger partial charge >= 0.3 is 5.97 Å². The van der Waals surface area contributed by atoms with Gasteiger partial charge in [0.1, 0.15) is 35.0 Å². The van der Waals surface area contributed by atoms with Crippen LogP contribution in [0.15, 0.2) is 60.0 Å². The Kier molecular flexibility index (Phi) is 6.96. The van der Waals surface area contributed by atoms with E-state index < -0.39 is 18.1 Å². The number of likely N-dealkylation sites (tertiary alicyclic amines) is 1. The maximum atomic E-state index is 13.5. The van der Waals surface area contributed by atoms with Crippen LogP contribution in [0.2, 0.25) is 0 Å². The fraction of sp³-hybridized carbons (Fsp3) is 0.267. The predicted octanol–water partition coefficient (Wildman–Crippen LogP) is 5.42. The van der Waals surface area contributed by atoms with Crippen molar-refractivity contribution in [2.75, 3.05) is 19.0 Å². The minimum Gasteiger partial charge on any atom is -0.497 e. The second kappa shape index (κ2) is 10.7. The van der Waals surface area contributed by atoms with Crippen LogP contribution in [-0.4, -0.2) is 68.7 Å². The minimum absolute atomic E-state index is 0.125. The molecule has 2 atom stereocenters. The molecule has 1 saturated heterocycles. The van der Waals surface area contributed by atoms with Gasteiger partial charge in [-0.2, -0.15) is 0 Å². The number of aromatic nitrogens is 3. The maximum absolute atomic E-state index is 13.5. The van der Waals surface area contributed by atoms with E-state index in [1.54, 1.807) is 13.2 Å². The quantitative estimate of drug-likeness (QED) is 0.225. The van der Waals surface area contributed by atoms with Crippen molar-refractivity contribution in [3.63, 3.8) is 0 Å². The number of aromatic amines is 1. The van der Waals surface area contributed by atoms with E-state index in [0.717, 1.165) is 21.4 Å². The third-order valence-electron chi connectivity index (χ3n) is 7.02. The fourth-order valence-corrected chi connectivity index (χ4v) is 5.95. The molecular weight excluding hydrogens is 542 g/mol. The Morgan fingerprint density at radius 2 is 1.95 bits per heavy atom. The highest BCUT2D eigenvalue weighted by Crippen LogP contribution is 2.35. The lowest BCUT2D eigenvalue weighted by Crippen LogP contribution is -2.40. The van der Waals surface area contributed by atoms with Gasteiger partial charge in [0.2, 0.25) is 0 Å². The van der Waals surface area contributed by atoms with E-state index in [0.29, 0.717) is 34.1 Å². The topological polar surface area (TPSA) is 130 Å². The number of aliphatic carboxylic acids is 1. The molecule has 5 aromatic rings. The summed E-state index contributed by atoms with van der Waals surface area (Å²) in [7, 11) is 1.59. The number of ether oxygens (including phenoxy) is 2. The molecular formula is C30H29N5O5S. The highest BCUT2D eigenvalue weighted by atomic mass is 32.1. The Morgan fingerprint density at radius 3 is 2.71 bits per heavy atom. The lowest BCUT2D eigenvalue weighted by Gasteiger charge is -2.20. The van der Waals surface area contributed by atoms with Crippen molar-refractivity contribution < 1.29 is 24.2 Å². The molecule has 10 nitrogen and oxygen atoms in total. The Bertz CT molecular complexity index is 1730. The molecule has 1 amide bonds. The summed E-state index contributed by atoms with van der Waals surface area (Å²) in [6.45, 7) is 4.22. The summed E-state index contributed by atoms with van der Waals surface area (Å²) in [5.41, 5.74) is 3.12. The van der Waals surface area contributed by atoms with Crippen LogP contribution in [0.25, 0.3) is 33.2 Å². The molecule has 6 rings (SSSR count). The molecule has 0 spiro atoms. The van der Waals surface area contributed by atoms with Gasteiger partial charge in [0, 0.05) is 46.3 Å². The van der Waals surface area contributed by atoms with E-state index in [9.17, 15) is 14.7 Å². The van der Waals surface area contributed by atoms with Crippen molar-refractivity contribution in [2.45, 2.75) is 38.5 Å². The second-order valence-corrected chi connectivity index (χ2v) is 11.1. The van der Waals surface area contributed by atoms with E-state index in [1.807, 2.05) is 67.8 Å². The molecule has 0 saturated carbocycles. The minimum atomic E-state index is -1.07. The first kappa shape index (κ1) is 26.6. The molecule has 3 N–H and O–H groups in total. The van der Waals surface area contributed by atoms with E-state index in [4.69, 9.17) is 14.5 Å². The van der Waals surface area contributed by atoms with E-state index in [1.165, 1.54) is 16.2 Å². The number of hydrogen-bond donors (Lipinski definition) is 3. The van der Waals surface area contributed by atoms with Gasteiger partial charge in [-0.3, -0.25) is 4.79 Å². The van der Waals surface area contributed by atoms with Gasteiger partial charge in [-0.25, -0.2) is 14.8 Å². The van der Waals surface area contributed by atoms with Gasteiger partial charge in [0.15, 0.2) is 5.13 Å². The van der Waals surface area contributed by atoms with Gasteiger partial charge in [0.25, 0.3) is 5.91 Å². The summed E-state index contributed by atoms with van der Waals surface area (Å²) >= 11 is 1.49. The summed E-state index contributed by atoms with van der Waals surface area (Å²) in [4.78, 5) is 39.7. The first-order chi connectivity index (χ1) is 19.8. The number of para-hydroxylation sites is 1. The molecule has 1 aliphatic rings. The number of carbonyl (C=O) groups excluding carboxylic acids is 1. The van der Waals surface area contributed by atoms with Gasteiger partial charge in [-0.1, -0.05) is 18.2 Å². The summed E-state index contributed by atoms with van der Waals surface area (Å²) in [6, 6.07) is 15.8. The summed E-state index contributed by atoms with van der Waals surface area (Å²) in [5, 5.41) is 17.7. The number of thiazole rings is 1. The number of nitrogens with zero attached hydrogens (tertiary/aromatic N) is 3. The number of benzene rings is 2. The van der Waals surface area contributed by atoms with E-state index >= 15 is 0 Å². The van der Waals surface area contributed by atoms with Crippen molar-refractivity contribution >= 4 is 50.2 Å². The first-order valence-electron chi connectivity index (χ1n) is 13.3.